The van der Waals surface area contributed by atoms with Gasteiger partial charge in [0, 0.05) is 25.2 Å². The SMILES string of the molecule is CCCN(CCC)C1Cc2cc3c(cc2C1)C(=O)N(C)C3. The molecule has 2 aliphatic rings. The number of hydrogen-bond donors (Lipinski definition) is 0. The molecular weight excluding hydrogens is 260 g/mol. The Labute approximate surface area is 127 Å². The van der Waals surface area contributed by atoms with Gasteiger partial charge >= 0.3 is 0 Å². The molecule has 0 bridgehead atoms. The van der Waals surface area contributed by atoms with Crippen LogP contribution in [0.15, 0.2) is 12.1 Å². The van der Waals surface area contributed by atoms with Gasteiger partial charge in [-0.05, 0) is 61.5 Å². The highest BCUT2D eigenvalue weighted by molar-refractivity contribution is 5.98. The molecule has 3 nitrogen and oxygen atoms in total. The van der Waals surface area contributed by atoms with E-state index >= 15 is 0 Å². The lowest BCUT2D eigenvalue weighted by Gasteiger charge is -2.27. The molecule has 3 rings (SSSR count). The van der Waals surface area contributed by atoms with Crippen LogP contribution in [0, 0.1) is 0 Å². The van der Waals surface area contributed by atoms with Gasteiger partial charge in [-0.1, -0.05) is 19.9 Å². The lowest BCUT2D eigenvalue weighted by atomic mass is 10.0. The summed E-state index contributed by atoms with van der Waals surface area (Å²) >= 11 is 0. The highest BCUT2D eigenvalue weighted by Crippen LogP contribution is 2.32. The van der Waals surface area contributed by atoms with E-state index in [1.165, 1.54) is 42.6 Å². The highest BCUT2D eigenvalue weighted by Gasteiger charge is 2.31. The largest absolute Gasteiger partial charge is 0.337 e. The van der Waals surface area contributed by atoms with Gasteiger partial charge in [-0.25, -0.2) is 0 Å². The quantitative estimate of drug-likeness (QED) is 0.831. The van der Waals surface area contributed by atoms with Crippen molar-refractivity contribution in [2.45, 2.75) is 52.1 Å². The zero-order valence-electron chi connectivity index (χ0n) is 13.5. The van der Waals surface area contributed by atoms with Crippen LogP contribution in [-0.2, 0) is 19.4 Å². The van der Waals surface area contributed by atoms with Crippen LogP contribution >= 0.6 is 0 Å². The number of benzene rings is 1. The zero-order chi connectivity index (χ0) is 15.0. The fourth-order valence-corrected chi connectivity index (χ4v) is 3.87. The van der Waals surface area contributed by atoms with Crippen LogP contribution in [0.2, 0.25) is 0 Å². The van der Waals surface area contributed by atoms with Gasteiger partial charge in [-0.2, -0.15) is 0 Å². The molecule has 0 spiro atoms. The second kappa shape index (κ2) is 5.80. The molecular formula is C18H26N2O. The second-order valence-electron chi connectivity index (χ2n) is 6.54. The Balaban J connectivity index is 1.81. The first-order valence-electron chi connectivity index (χ1n) is 8.28. The van der Waals surface area contributed by atoms with Crippen molar-refractivity contribution in [3.05, 3.63) is 34.4 Å². The van der Waals surface area contributed by atoms with Gasteiger partial charge in [0.25, 0.3) is 5.91 Å². The molecule has 1 heterocycles. The van der Waals surface area contributed by atoms with Crippen LogP contribution < -0.4 is 0 Å². The number of rotatable bonds is 5. The van der Waals surface area contributed by atoms with Crippen LogP contribution in [0.3, 0.4) is 0 Å². The zero-order valence-corrected chi connectivity index (χ0v) is 13.5. The monoisotopic (exact) mass is 286 g/mol. The maximum absolute atomic E-state index is 12.1. The molecule has 1 aliphatic carbocycles. The van der Waals surface area contributed by atoms with Crippen LogP contribution in [0.5, 0.6) is 0 Å². The summed E-state index contributed by atoms with van der Waals surface area (Å²) in [6.07, 6.45) is 4.69. The maximum atomic E-state index is 12.1. The number of nitrogens with zero attached hydrogens (tertiary/aromatic N) is 2. The fraction of sp³-hybridized carbons (Fsp3) is 0.611. The Kier molecular flexibility index (Phi) is 4.03. The van der Waals surface area contributed by atoms with Crippen LogP contribution in [0.1, 0.15) is 53.7 Å². The first-order chi connectivity index (χ1) is 10.1. The van der Waals surface area contributed by atoms with Crippen molar-refractivity contribution < 1.29 is 4.79 Å². The Bertz CT molecular complexity index is 546. The summed E-state index contributed by atoms with van der Waals surface area (Å²) in [5.74, 6) is 0.190. The Hall–Kier alpha value is -1.35. The first kappa shape index (κ1) is 14.6. The third kappa shape index (κ3) is 2.59. The van der Waals surface area contributed by atoms with E-state index in [-0.39, 0.29) is 5.91 Å². The highest BCUT2D eigenvalue weighted by atomic mass is 16.2. The smallest absolute Gasteiger partial charge is 0.254 e. The van der Waals surface area contributed by atoms with E-state index in [1.807, 2.05) is 11.9 Å². The van der Waals surface area contributed by atoms with Gasteiger partial charge in [-0.3, -0.25) is 9.69 Å². The minimum Gasteiger partial charge on any atom is -0.337 e. The van der Waals surface area contributed by atoms with Crippen molar-refractivity contribution in [3.8, 4) is 0 Å². The van der Waals surface area contributed by atoms with Gasteiger partial charge in [0.05, 0.1) is 0 Å². The summed E-state index contributed by atoms with van der Waals surface area (Å²) < 4.78 is 0. The second-order valence-corrected chi connectivity index (χ2v) is 6.54. The van der Waals surface area contributed by atoms with Crippen LogP contribution in [-0.4, -0.2) is 41.9 Å². The van der Waals surface area contributed by atoms with Gasteiger partial charge in [0.2, 0.25) is 0 Å². The molecule has 1 unspecified atom stereocenters. The van der Waals surface area contributed by atoms with E-state index in [0.717, 1.165) is 24.9 Å². The van der Waals surface area contributed by atoms with Gasteiger partial charge in [0.1, 0.15) is 0 Å². The van der Waals surface area contributed by atoms with Crippen molar-refractivity contribution >= 4 is 5.91 Å². The number of carbonyl (C=O) groups is 1. The Morgan fingerprint density at radius 1 is 1.10 bits per heavy atom. The van der Waals surface area contributed by atoms with Gasteiger partial charge in [0.15, 0.2) is 0 Å². The molecule has 3 heteroatoms. The van der Waals surface area contributed by atoms with E-state index in [4.69, 9.17) is 0 Å². The Morgan fingerprint density at radius 2 is 1.71 bits per heavy atom. The van der Waals surface area contributed by atoms with Crippen molar-refractivity contribution in [1.29, 1.82) is 0 Å². The number of carbonyl (C=O) groups excluding carboxylic acids is 1. The van der Waals surface area contributed by atoms with Gasteiger partial charge < -0.3 is 4.90 Å². The van der Waals surface area contributed by atoms with Crippen molar-refractivity contribution in [2.24, 2.45) is 0 Å². The third-order valence-electron chi connectivity index (χ3n) is 4.86. The summed E-state index contributed by atoms with van der Waals surface area (Å²) in [6, 6.07) is 5.10. The van der Waals surface area contributed by atoms with Gasteiger partial charge in [-0.15, -0.1) is 0 Å². The van der Waals surface area contributed by atoms with E-state index in [2.05, 4.69) is 30.9 Å². The lowest BCUT2D eigenvalue weighted by molar-refractivity contribution is 0.0816. The fourth-order valence-electron chi connectivity index (χ4n) is 3.87. The summed E-state index contributed by atoms with van der Waals surface area (Å²) in [7, 11) is 1.89. The molecule has 0 N–H and O–H groups in total. The van der Waals surface area contributed by atoms with E-state index in [0.29, 0.717) is 6.04 Å². The molecule has 21 heavy (non-hydrogen) atoms. The van der Waals surface area contributed by atoms with E-state index in [9.17, 15) is 4.79 Å². The van der Waals surface area contributed by atoms with E-state index in [1.54, 1.807) is 0 Å². The lowest BCUT2D eigenvalue weighted by Crippen LogP contribution is -2.37. The average molecular weight is 286 g/mol. The normalized spacial score (nSPS) is 20.3. The van der Waals surface area contributed by atoms with Crippen molar-refractivity contribution in [3.63, 3.8) is 0 Å². The standard InChI is InChI=1S/C18H26N2O/c1-4-6-20(7-5-2)16-9-13-8-15-12-19(3)18(21)17(15)11-14(13)10-16/h8,11,16H,4-7,9-10,12H2,1-3H3. The summed E-state index contributed by atoms with van der Waals surface area (Å²) in [6.45, 7) is 7.67. The van der Waals surface area contributed by atoms with Crippen molar-refractivity contribution in [1.82, 2.24) is 9.80 Å². The summed E-state index contributed by atoms with van der Waals surface area (Å²) in [4.78, 5) is 16.6. The maximum Gasteiger partial charge on any atom is 0.254 e. The molecule has 0 saturated carbocycles. The third-order valence-corrected chi connectivity index (χ3v) is 4.86. The first-order valence-corrected chi connectivity index (χ1v) is 8.28. The number of amides is 1. The summed E-state index contributed by atoms with van der Waals surface area (Å²) in [5.41, 5.74) is 5.03. The predicted molar refractivity (Wildman–Crippen MR) is 85.6 cm³/mol. The summed E-state index contributed by atoms with van der Waals surface area (Å²) in [5, 5.41) is 0. The molecule has 114 valence electrons. The molecule has 0 saturated heterocycles. The Morgan fingerprint density at radius 3 is 2.33 bits per heavy atom. The topological polar surface area (TPSA) is 23.6 Å². The molecule has 0 fully saturated rings. The minimum atomic E-state index is 0.190. The molecule has 0 radical (unpaired) electrons. The molecule has 1 aromatic rings. The van der Waals surface area contributed by atoms with Crippen molar-refractivity contribution in [2.75, 3.05) is 20.1 Å². The van der Waals surface area contributed by atoms with Crippen LogP contribution in [0.25, 0.3) is 0 Å². The number of fused-ring (bicyclic) bond motifs is 2. The molecule has 1 atom stereocenters. The molecule has 1 amide bonds. The molecule has 1 aliphatic heterocycles. The predicted octanol–water partition coefficient (Wildman–Crippen LogP) is 2.86. The van der Waals surface area contributed by atoms with E-state index < -0.39 is 0 Å². The average Bonchev–Trinajstić information content (AvgIpc) is 2.98. The minimum absolute atomic E-state index is 0.190. The molecule has 0 aromatic heterocycles. The molecule has 1 aromatic carbocycles. The number of hydrogen-bond acceptors (Lipinski definition) is 2. The van der Waals surface area contributed by atoms with Crippen LogP contribution in [0.4, 0.5) is 0 Å².